The number of hydrogen-bond acceptors (Lipinski definition) is 3. The molecule has 0 aromatic heterocycles. The van der Waals surface area contributed by atoms with Crippen LogP contribution in [-0.4, -0.2) is 36.9 Å². The van der Waals surface area contributed by atoms with E-state index in [-0.39, 0.29) is 24.8 Å². The quantitative estimate of drug-likeness (QED) is 0.766. The first-order valence-electron chi connectivity index (χ1n) is 7.72. The van der Waals surface area contributed by atoms with E-state index in [1.807, 2.05) is 30.3 Å². The molecule has 0 saturated carbocycles. The number of hydrogen-bond donors (Lipinski definition) is 2. The summed E-state index contributed by atoms with van der Waals surface area (Å²) in [6, 6.07) is 14.1. The largest absolute Gasteiger partial charge is 0.325 e. The van der Waals surface area contributed by atoms with E-state index in [1.165, 1.54) is 0 Å². The van der Waals surface area contributed by atoms with Gasteiger partial charge in [-0.1, -0.05) is 41.4 Å². The van der Waals surface area contributed by atoms with E-state index in [0.29, 0.717) is 22.3 Å². The highest BCUT2D eigenvalue weighted by atomic mass is 35.5. The molecule has 0 radical (unpaired) electrons. The Balaban J connectivity index is 1.75. The molecule has 0 heterocycles. The number of amides is 2. The van der Waals surface area contributed by atoms with Gasteiger partial charge < -0.3 is 10.6 Å². The van der Waals surface area contributed by atoms with Crippen molar-refractivity contribution >= 4 is 46.4 Å². The van der Waals surface area contributed by atoms with Gasteiger partial charge in [-0.2, -0.15) is 0 Å². The third-order valence-corrected chi connectivity index (χ3v) is 3.96. The molecule has 5 nitrogen and oxygen atoms in total. The average Bonchev–Trinajstić information content (AvgIpc) is 2.57. The number of nitrogens with zero attached hydrogens (tertiary/aromatic N) is 1. The fourth-order valence-corrected chi connectivity index (χ4v) is 2.48. The van der Waals surface area contributed by atoms with Crippen LogP contribution in [0.25, 0.3) is 0 Å². The molecule has 25 heavy (non-hydrogen) atoms. The summed E-state index contributed by atoms with van der Waals surface area (Å²) in [5.74, 6) is -0.327. The van der Waals surface area contributed by atoms with Crippen LogP contribution in [0.5, 0.6) is 0 Å². The van der Waals surface area contributed by atoms with E-state index in [9.17, 15) is 9.59 Å². The van der Waals surface area contributed by atoms with Crippen LogP contribution in [0.4, 0.5) is 11.4 Å². The van der Waals surface area contributed by atoms with Crippen molar-refractivity contribution in [1.82, 2.24) is 4.90 Å². The Hall–Kier alpha value is -2.08. The molecular formula is C18H19Cl2N3O2. The van der Waals surface area contributed by atoms with Crippen molar-refractivity contribution in [3.8, 4) is 0 Å². The third-order valence-electron chi connectivity index (χ3n) is 3.39. The van der Waals surface area contributed by atoms with E-state index in [0.717, 1.165) is 5.69 Å². The molecule has 0 aliphatic rings. The smallest absolute Gasteiger partial charge is 0.238 e. The number of carbonyl (C=O) groups excluding carboxylic acids is 2. The molecule has 2 aromatic carbocycles. The standard InChI is InChI=1S/C18H19Cl2N3O2/c1-23(12-18(25)21-14-5-3-2-4-6-14)10-9-17(24)22-16-11-13(19)7-8-15(16)20/h2-8,11H,9-10,12H2,1H3,(H,21,25)(H,22,24). The van der Waals surface area contributed by atoms with Gasteiger partial charge >= 0.3 is 0 Å². The maximum absolute atomic E-state index is 12.0. The summed E-state index contributed by atoms with van der Waals surface area (Å²) in [5, 5.41) is 6.44. The van der Waals surface area contributed by atoms with Gasteiger partial charge in [0.2, 0.25) is 11.8 Å². The maximum Gasteiger partial charge on any atom is 0.238 e. The summed E-state index contributed by atoms with van der Waals surface area (Å²) >= 11 is 11.9. The Kier molecular flexibility index (Phi) is 7.25. The summed E-state index contributed by atoms with van der Waals surface area (Å²) < 4.78 is 0. The van der Waals surface area contributed by atoms with Crippen LogP contribution in [-0.2, 0) is 9.59 Å². The first-order valence-corrected chi connectivity index (χ1v) is 8.48. The molecule has 2 rings (SSSR count). The zero-order valence-corrected chi connectivity index (χ0v) is 15.3. The monoisotopic (exact) mass is 379 g/mol. The summed E-state index contributed by atoms with van der Waals surface area (Å²) in [4.78, 5) is 25.7. The molecule has 0 saturated heterocycles. The zero-order chi connectivity index (χ0) is 18.2. The highest BCUT2D eigenvalue weighted by Gasteiger charge is 2.11. The molecule has 0 fully saturated rings. The molecule has 0 aliphatic heterocycles. The zero-order valence-electron chi connectivity index (χ0n) is 13.8. The lowest BCUT2D eigenvalue weighted by Crippen LogP contribution is -2.32. The van der Waals surface area contributed by atoms with Gasteiger partial charge in [0.25, 0.3) is 0 Å². The van der Waals surface area contributed by atoms with E-state index in [4.69, 9.17) is 23.2 Å². The van der Waals surface area contributed by atoms with Crippen LogP contribution in [0.15, 0.2) is 48.5 Å². The Morgan fingerprint density at radius 1 is 1.00 bits per heavy atom. The van der Waals surface area contributed by atoms with Gasteiger partial charge in [-0.3, -0.25) is 14.5 Å². The highest BCUT2D eigenvalue weighted by Crippen LogP contribution is 2.25. The summed E-state index contributed by atoms with van der Waals surface area (Å²) in [6.07, 6.45) is 0.234. The molecule has 0 aliphatic carbocycles. The Bertz CT molecular complexity index is 738. The van der Waals surface area contributed by atoms with Crippen molar-refractivity contribution in [3.63, 3.8) is 0 Å². The van der Waals surface area contributed by atoms with Crippen LogP contribution in [0.1, 0.15) is 6.42 Å². The molecule has 2 amide bonds. The molecule has 2 aromatic rings. The second kappa shape index (κ2) is 9.42. The molecular weight excluding hydrogens is 361 g/mol. The van der Waals surface area contributed by atoms with Crippen LogP contribution in [0.2, 0.25) is 10.0 Å². The fourth-order valence-electron chi connectivity index (χ4n) is 2.14. The minimum Gasteiger partial charge on any atom is -0.325 e. The number of carbonyl (C=O) groups is 2. The van der Waals surface area contributed by atoms with Crippen LogP contribution in [0, 0.1) is 0 Å². The van der Waals surface area contributed by atoms with Gasteiger partial charge in [-0.15, -0.1) is 0 Å². The number of rotatable bonds is 7. The van der Waals surface area contributed by atoms with Crippen LogP contribution >= 0.6 is 23.2 Å². The van der Waals surface area contributed by atoms with Crippen molar-refractivity contribution in [1.29, 1.82) is 0 Å². The molecule has 0 unspecified atom stereocenters. The number of anilines is 2. The fraction of sp³-hybridized carbons (Fsp3) is 0.222. The number of benzene rings is 2. The summed E-state index contributed by atoms with van der Waals surface area (Å²) in [6.45, 7) is 0.631. The number of halogens is 2. The van der Waals surface area contributed by atoms with Gasteiger partial charge in [0.1, 0.15) is 0 Å². The van der Waals surface area contributed by atoms with Crippen molar-refractivity contribution in [3.05, 3.63) is 58.6 Å². The first kappa shape index (κ1) is 19.2. The lowest BCUT2D eigenvalue weighted by atomic mass is 10.3. The number of para-hydroxylation sites is 1. The lowest BCUT2D eigenvalue weighted by molar-refractivity contribution is -0.119. The van der Waals surface area contributed by atoms with E-state index < -0.39 is 0 Å². The maximum atomic E-state index is 12.0. The normalized spacial score (nSPS) is 10.6. The minimum absolute atomic E-state index is 0.132. The predicted molar refractivity (Wildman–Crippen MR) is 102 cm³/mol. The average molecular weight is 380 g/mol. The molecule has 132 valence electrons. The topological polar surface area (TPSA) is 61.4 Å². The molecule has 7 heteroatoms. The molecule has 0 spiro atoms. The van der Waals surface area contributed by atoms with Gasteiger partial charge in [0, 0.05) is 23.7 Å². The van der Waals surface area contributed by atoms with Crippen molar-refractivity contribution in [2.45, 2.75) is 6.42 Å². The Morgan fingerprint density at radius 2 is 1.72 bits per heavy atom. The highest BCUT2D eigenvalue weighted by molar-refractivity contribution is 6.35. The Labute approximate surface area is 156 Å². The van der Waals surface area contributed by atoms with Crippen molar-refractivity contribution in [2.24, 2.45) is 0 Å². The lowest BCUT2D eigenvalue weighted by Gasteiger charge is -2.16. The molecule has 2 N–H and O–H groups in total. The van der Waals surface area contributed by atoms with E-state index in [1.54, 1.807) is 30.1 Å². The van der Waals surface area contributed by atoms with Crippen LogP contribution in [0.3, 0.4) is 0 Å². The van der Waals surface area contributed by atoms with E-state index in [2.05, 4.69) is 10.6 Å². The van der Waals surface area contributed by atoms with Gasteiger partial charge in [-0.05, 0) is 37.4 Å². The SMILES string of the molecule is CN(CCC(=O)Nc1cc(Cl)ccc1Cl)CC(=O)Nc1ccccc1. The summed E-state index contributed by atoms with van der Waals surface area (Å²) in [5.41, 5.74) is 1.22. The summed E-state index contributed by atoms with van der Waals surface area (Å²) in [7, 11) is 1.78. The predicted octanol–water partition coefficient (Wildman–Crippen LogP) is 3.89. The van der Waals surface area contributed by atoms with Crippen molar-refractivity contribution < 1.29 is 9.59 Å². The van der Waals surface area contributed by atoms with Gasteiger partial charge in [0.15, 0.2) is 0 Å². The van der Waals surface area contributed by atoms with Gasteiger partial charge in [-0.25, -0.2) is 0 Å². The number of likely N-dealkylation sites (N-methyl/N-ethyl adjacent to an activating group) is 1. The van der Waals surface area contributed by atoms with Crippen molar-refractivity contribution in [2.75, 3.05) is 30.8 Å². The van der Waals surface area contributed by atoms with Gasteiger partial charge in [0.05, 0.1) is 17.3 Å². The van der Waals surface area contributed by atoms with Crippen LogP contribution < -0.4 is 10.6 Å². The number of nitrogens with one attached hydrogen (secondary N) is 2. The molecule has 0 atom stereocenters. The Morgan fingerprint density at radius 3 is 2.44 bits per heavy atom. The van der Waals surface area contributed by atoms with E-state index >= 15 is 0 Å². The second-order valence-electron chi connectivity index (χ2n) is 5.57. The first-order chi connectivity index (χ1) is 11.9. The molecule has 0 bridgehead atoms. The third kappa shape index (κ3) is 6.74. The minimum atomic E-state index is -0.195. The second-order valence-corrected chi connectivity index (χ2v) is 6.42.